The number of aromatic nitrogens is 3. The lowest BCUT2D eigenvalue weighted by atomic mass is 10.0. The predicted molar refractivity (Wildman–Crippen MR) is 168 cm³/mol. The van der Waals surface area contributed by atoms with Gasteiger partial charge in [0.05, 0.1) is 16.7 Å². The molecule has 3 aromatic carbocycles. The minimum atomic E-state index is -1.44. The van der Waals surface area contributed by atoms with E-state index >= 15 is 0 Å². The fraction of sp³-hybridized carbons (Fsp3) is 0.143. The molecule has 1 aliphatic heterocycles. The summed E-state index contributed by atoms with van der Waals surface area (Å²) >= 11 is 0. The van der Waals surface area contributed by atoms with Crippen LogP contribution in [0.1, 0.15) is 37.3 Å². The molecular weight excluding hydrogens is 604 g/mol. The lowest BCUT2D eigenvalue weighted by Crippen LogP contribution is -2.45. The van der Waals surface area contributed by atoms with Crippen molar-refractivity contribution in [1.29, 1.82) is 0 Å². The first kappa shape index (κ1) is 30.7. The van der Waals surface area contributed by atoms with Crippen LogP contribution in [0, 0.1) is 12.3 Å². The molecule has 47 heavy (non-hydrogen) atoms. The zero-order valence-corrected chi connectivity index (χ0v) is 24.5. The zero-order valence-electron chi connectivity index (χ0n) is 24.5. The van der Waals surface area contributed by atoms with Crippen molar-refractivity contribution < 1.29 is 33.3 Å². The number of terminal acetylenes is 1. The molecule has 12 heteroatoms. The molecule has 0 bridgehead atoms. The molecule has 0 radical (unpaired) electrons. The Labute approximate surface area is 267 Å². The molecule has 1 saturated heterocycles. The van der Waals surface area contributed by atoms with E-state index in [-0.39, 0.29) is 33.5 Å². The minimum absolute atomic E-state index is 0.0166. The van der Waals surface area contributed by atoms with Crippen LogP contribution in [-0.2, 0) is 18.9 Å². The first-order valence-corrected chi connectivity index (χ1v) is 14.4. The highest BCUT2D eigenvalue weighted by molar-refractivity contribution is 5.91. The summed E-state index contributed by atoms with van der Waals surface area (Å²) in [7, 11) is 0. The highest BCUT2D eigenvalue weighted by Gasteiger charge is 2.54. The van der Waals surface area contributed by atoms with E-state index < -0.39 is 54.0 Å². The highest BCUT2D eigenvalue weighted by atomic mass is 16.7. The van der Waals surface area contributed by atoms with Crippen molar-refractivity contribution in [3.05, 3.63) is 136 Å². The number of rotatable bonds is 8. The number of esters is 3. The molecule has 234 valence electrons. The molecule has 0 amide bonds. The number of carbonyl (C=O) groups excluding carboxylic acids is 3. The molecule has 6 rings (SSSR count). The SMILES string of the molecule is C#C[C@@H](OC(=O)c1ccccc1)[C@H]1O[C@H](n2ccc(=O)c3c(N)ncnc32)[C@H](OC(=O)c2ccccc2)[C@@H]1OC(=O)c1ccccc1. The van der Waals surface area contributed by atoms with Crippen LogP contribution in [0.2, 0.25) is 0 Å². The number of carbonyl (C=O) groups is 3. The average molecular weight is 631 g/mol. The van der Waals surface area contributed by atoms with E-state index in [1.54, 1.807) is 91.0 Å². The Hall–Kier alpha value is -6.32. The van der Waals surface area contributed by atoms with Gasteiger partial charge in [-0.3, -0.25) is 4.79 Å². The summed E-state index contributed by atoms with van der Waals surface area (Å²) in [4.78, 5) is 61.1. The highest BCUT2D eigenvalue weighted by Crippen LogP contribution is 2.38. The average Bonchev–Trinajstić information content (AvgIpc) is 3.44. The first-order valence-electron chi connectivity index (χ1n) is 14.4. The van der Waals surface area contributed by atoms with Gasteiger partial charge in [0, 0.05) is 12.3 Å². The second-order valence-electron chi connectivity index (χ2n) is 10.4. The van der Waals surface area contributed by atoms with Crippen molar-refractivity contribution in [3.8, 4) is 12.3 Å². The van der Waals surface area contributed by atoms with Gasteiger partial charge < -0.3 is 29.2 Å². The molecule has 5 atom stereocenters. The van der Waals surface area contributed by atoms with Gasteiger partial charge in [-0.2, -0.15) is 0 Å². The largest absolute Gasteiger partial charge is 0.452 e. The van der Waals surface area contributed by atoms with E-state index in [0.29, 0.717) is 0 Å². The van der Waals surface area contributed by atoms with E-state index in [9.17, 15) is 19.2 Å². The lowest BCUT2D eigenvalue weighted by Gasteiger charge is -2.26. The topological polar surface area (TPSA) is 162 Å². The summed E-state index contributed by atoms with van der Waals surface area (Å²) in [5.74, 6) is 0.00269. The molecule has 0 spiro atoms. The maximum atomic E-state index is 13.5. The van der Waals surface area contributed by atoms with Crippen LogP contribution in [0.5, 0.6) is 0 Å². The van der Waals surface area contributed by atoms with Crippen molar-refractivity contribution in [3.63, 3.8) is 0 Å². The maximum Gasteiger partial charge on any atom is 0.339 e. The Bertz CT molecular complexity index is 2030. The number of ether oxygens (including phenoxy) is 4. The van der Waals surface area contributed by atoms with Crippen LogP contribution in [0.3, 0.4) is 0 Å². The van der Waals surface area contributed by atoms with Crippen LogP contribution in [0.15, 0.2) is 114 Å². The summed E-state index contributed by atoms with van der Waals surface area (Å²) in [6.45, 7) is 0. The Kier molecular flexibility index (Phi) is 8.72. The van der Waals surface area contributed by atoms with Crippen molar-refractivity contribution >= 4 is 34.8 Å². The second kappa shape index (κ2) is 13.4. The number of fused-ring (bicyclic) bond motifs is 1. The van der Waals surface area contributed by atoms with Crippen molar-refractivity contribution in [2.75, 3.05) is 5.73 Å². The second-order valence-corrected chi connectivity index (χ2v) is 10.4. The summed E-state index contributed by atoms with van der Waals surface area (Å²) in [6.07, 6.45) is 1.45. The fourth-order valence-electron chi connectivity index (χ4n) is 5.21. The van der Waals surface area contributed by atoms with Crippen molar-refractivity contribution in [1.82, 2.24) is 14.5 Å². The van der Waals surface area contributed by atoms with E-state index in [0.717, 1.165) is 6.33 Å². The molecule has 3 heterocycles. The number of benzene rings is 3. The Morgan fingerprint density at radius 3 is 1.87 bits per heavy atom. The number of hydrogen-bond acceptors (Lipinski definition) is 11. The quantitative estimate of drug-likeness (QED) is 0.152. The summed E-state index contributed by atoms with van der Waals surface area (Å²) in [6, 6.07) is 25.6. The van der Waals surface area contributed by atoms with Gasteiger partial charge in [-0.05, 0) is 36.4 Å². The van der Waals surface area contributed by atoms with Gasteiger partial charge in [-0.25, -0.2) is 24.4 Å². The lowest BCUT2D eigenvalue weighted by molar-refractivity contribution is -0.0767. The minimum Gasteiger partial charge on any atom is -0.452 e. The molecule has 2 N–H and O–H groups in total. The van der Waals surface area contributed by atoms with E-state index in [2.05, 4.69) is 15.9 Å². The van der Waals surface area contributed by atoms with Gasteiger partial charge >= 0.3 is 17.9 Å². The third kappa shape index (κ3) is 6.28. The van der Waals surface area contributed by atoms with E-state index in [1.807, 2.05) is 0 Å². The van der Waals surface area contributed by atoms with E-state index in [4.69, 9.17) is 31.1 Å². The van der Waals surface area contributed by atoms with Crippen LogP contribution in [0.4, 0.5) is 5.82 Å². The number of pyridine rings is 1. The van der Waals surface area contributed by atoms with Crippen molar-refractivity contribution in [2.24, 2.45) is 0 Å². The number of anilines is 1. The molecule has 0 saturated carbocycles. The summed E-state index contributed by atoms with van der Waals surface area (Å²) in [5.41, 5.74) is 6.22. The van der Waals surface area contributed by atoms with Gasteiger partial charge in [0.1, 0.15) is 23.6 Å². The first-order chi connectivity index (χ1) is 22.9. The Morgan fingerprint density at radius 2 is 1.32 bits per heavy atom. The van der Waals surface area contributed by atoms with Crippen LogP contribution in [-0.4, -0.2) is 56.9 Å². The molecular formula is C35H26N4O8. The van der Waals surface area contributed by atoms with Gasteiger partial charge in [-0.15, -0.1) is 6.42 Å². The molecule has 0 aliphatic carbocycles. The summed E-state index contributed by atoms with van der Waals surface area (Å²) < 4.78 is 25.5. The number of nitrogen functional groups attached to an aromatic ring is 1. The standard InChI is InChI=1S/C35H26N4O8/c1-2-25(44-33(41)21-12-6-3-7-13-21)27-28(46-34(42)22-14-8-4-9-15-22)29(47-35(43)23-16-10-5-11-17-23)32(45-27)39-19-18-24(40)26-30(36)37-20-38-31(26)39/h1,3-20,25,27-29,32H,(H2,36,37,38)/t25-,27-,28-,29-,32+/m1/s1. The molecule has 0 unspecified atom stereocenters. The fourth-order valence-corrected chi connectivity index (χ4v) is 5.21. The summed E-state index contributed by atoms with van der Waals surface area (Å²) in [5, 5.41) is -0.0166. The molecule has 1 aliphatic rings. The molecule has 12 nitrogen and oxygen atoms in total. The smallest absolute Gasteiger partial charge is 0.339 e. The number of nitrogens with zero attached hydrogens (tertiary/aromatic N) is 3. The molecule has 2 aromatic heterocycles. The Balaban J connectivity index is 1.47. The third-order valence-electron chi connectivity index (χ3n) is 7.44. The number of hydrogen-bond donors (Lipinski definition) is 1. The van der Waals surface area contributed by atoms with Crippen LogP contribution in [0.25, 0.3) is 11.0 Å². The van der Waals surface area contributed by atoms with Crippen molar-refractivity contribution in [2.45, 2.75) is 30.6 Å². The third-order valence-corrected chi connectivity index (χ3v) is 7.44. The number of nitrogens with two attached hydrogens (primary N) is 1. The molecule has 1 fully saturated rings. The van der Waals surface area contributed by atoms with Crippen LogP contribution < -0.4 is 11.2 Å². The van der Waals surface area contributed by atoms with Gasteiger partial charge in [-0.1, -0.05) is 60.5 Å². The maximum absolute atomic E-state index is 13.5. The van der Waals surface area contributed by atoms with E-state index in [1.165, 1.54) is 16.8 Å². The zero-order chi connectivity index (χ0) is 32.9. The van der Waals surface area contributed by atoms with Gasteiger partial charge in [0.15, 0.2) is 35.6 Å². The van der Waals surface area contributed by atoms with Gasteiger partial charge in [0.2, 0.25) is 0 Å². The van der Waals surface area contributed by atoms with Gasteiger partial charge in [0.25, 0.3) is 0 Å². The predicted octanol–water partition coefficient (Wildman–Crippen LogP) is 3.58. The Morgan fingerprint density at radius 1 is 0.787 bits per heavy atom. The molecule has 5 aromatic rings. The monoisotopic (exact) mass is 630 g/mol. The van der Waals surface area contributed by atoms with Crippen LogP contribution >= 0.6 is 0 Å². The normalized spacial score (nSPS) is 19.3.